The van der Waals surface area contributed by atoms with E-state index >= 15 is 0 Å². The molecule has 2 amide bonds. The highest BCUT2D eigenvalue weighted by Gasteiger charge is 2.40. The van der Waals surface area contributed by atoms with Crippen LogP contribution in [-0.4, -0.2) is 62.1 Å². The van der Waals surface area contributed by atoms with E-state index in [9.17, 15) is 19.2 Å². The molecule has 9 nitrogen and oxygen atoms in total. The number of imide groups is 1. The average molecular weight is 573 g/mol. The van der Waals surface area contributed by atoms with Gasteiger partial charge in [0, 0.05) is 5.70 Å². The molecule has 0 saturated heterocycles. The molecule has 0 bridgehead atoms. The van der Waals surface area contributed by atoms with E-state index in [1.165, 1.54) is 7.11 Å². The molecule has 204 valence electrons. The molecule has 2 heterocycles. The summed E-state index contributed by atoms with van der Waals surface area (Å²) in [5.74, 6) is -3.08. The summed E-state index contributed by atoms with van der Waals surface area (Å²) in [6.07, 6.45) is 0. The minimum Gasteiger partial charge on any atom is -0.466 e. The van der Waals surface area contributed by atoms with Crippen molar-refractivity contribution in [1.82, 2.24) is 10.2 Å². The molecule has 0 aliphatic carbocycles. The van der Waals surface area contributed by atoms with E-state index in [0.717, 1.165) is 4.90 Å². The lowest BCUT2D eigenvalue weighted by Gasteiger charge is -2.32. The highest BCUT2D eigenvalue weighted by Crippen LogP contribution is 2.43. The molecule has 2 aliphatic rings. The quantitative estimate of drug-likeness (QED) is 0.269. The summed E-state index contributed by atoms with van der Waals surface area (Å²) < 4.78 is 16.2. The Labute approximate surface area is 235 Å². The first-order valence-electron chi connectivity index (χ1n) is 12.1. The van der Waals surface area contributed by atoms with Crippen LogP contribution in [0.3, 0.4) is 0 Å². The minimum atomic E-state index is -0.959. The number of allylic oxidation sites excluding steroid dienone is 1. The van der Waals surface area contributed by atoms with Crippen LogP contribution in [0.15, 0.2) is 65.0 Å². The number of benzene rings is 2. The van der Waals surface area contributed by atoms with E-state index in [0.29, 0.717) is 28.1 Å². The monoisotopic (exact) mass is 572 g/mol. The number of amides is 2. The number of fused-ring (bicyclic) bond motifs is 1. The van der Waals surface area contributed by atoms with Crippen LogP contribution in [-0.2, 0) is 23.8 Å². The largest absolute Gasteiger partial charge is 0.466 e. The predicted octanol–water partition coefficient (Wildman–Crippen LogP) is 4.26. The number of methoxy groups -OCH3 is 1. The Morgan fingerprint density at radius 1 is 0.974 bits per heavy atom. The SMILES string of the molecule is CCOC(=O)C1=C(COCCN2C(=O)c3ccccc3C2=O)NC(C)=C(C(=O)OC)C1c1cccc(Cl)c1Cl. The zero-order valence-electron chi connectivity index (χ0n) is 21.5. The Balaban J connectivity index is 1.63. The first kappa shape index (κ1) is 28.4. The molecule has 1 unspecified atom stereocenters. The first-order chi connectivity index (χ1) is 18.7. The number of hydrogen-bond donors (Lipinski definition) is 1. The molecule has 2 aliphatic heterocycles. The van der Waals surface area contributed by atoms with E-state index < -0.39 is 29.7 Å². The topological polar surface area (TPSA) is 111 Å². The molecule has 1 N–H and O–H groups in total. The van der Waals surface area contributed by atoms with Gasteiger partial charge >= 0.3 is 11.9 Å². The standard InChI is InChI=1S/C28H26Cl2N2O7/c1-4-39-28(36)23-20(14-38-13-12-32-25(33)16-8-5-6-9-17(16)26(32)34)31-15(2)21(27(35)37-3)22(23)18-10-7-11-19(29)24(18)30/h5-11,22,31H,4,12-14H2,1-3H3. The fourth-order valence-corrected chi connectivity index (χ4v) is 5.08. The van der Waals surface area contributed by atoms with E-state index in [1.807, 2.05) is 0 Å². The van der Waals surface area contributed by atoms with Crippen LogP contribution >= 0.6 is 23.2 Å². The van der Waals surface area contributed by atoms with Crippen molar-refractivity contribution in [2.45, 2.75) is 19.8 Å². The number of rotatable bonds is 9. The number of dihydropyridines is 1. The number of nitrogens with zero attached hydrogens (tertiary/aromatic N) is 1. The Morgan fingerprint density at radius 2 is 1.64 bits per heavy atom. The number of ether oxygens (including phenoxy) is 3. The summed E-state index contributed by atoms with van der Waals surface area (Å²) in [6.45, 7) is 3.32. The third-order valence-corrected chi connectivity index (χ3v) is 7.26. The van der Waals surface area contributed by atoms with Crippen LogP contribution in [0.5, 0.6) is 0 Å². The molecule has 2 aromatic rings. The summed E-state index contributed by atoms with van der Waals surface area (Å²) in [5, 5.41) is 3.49. The third kappa shape index (κ3) is 5.43. The van der Waals surface area contributed by atoms with Gasteiger partial charge in [-0.3, -0.25) is 14.5 Å². The van der Waals surface area contributed by atoms with Crippen molar-refractivity contribution in [3.63, 3.8) is 0 Å². The van der Waals surface area contributed by atoms with Crippen LogP contribution in [0.25, 0.3) is 0 Å². The first-order valence-corrected chi connectivity index (χ1v) is 12.9. The van der Waals surface area contributed by atoms with Crippen molar-refractivity contribution < 1.29 is 33.4 Å². The summed E-state index contributed by atoms with van der Waals surface area (Å²) in [6, 6.07) is 11.5. The average Bonchev–Trinajstić information content (AvgIpc) is 3.16. The van der Waals surface area contributed by atoms with Gasteiger partial charge in [0.05, 0.1) is 77.4 Å². The lowest BCUT2D eigenvalue weighted by atomic mass is 9.80. The minimum absolute atomic E-state index is 0.00195. The molecular weight excluding hydrogens is 547 g/mol. The Hall–Kier alpha value is -3.66. The Morgan fingerprint density at radius 3 is 2.26 bits per heavy atom. The van der Waals surface area contributed by atoms with Gasteiger partial charge in [0.1, 0.15) is 0 Å². The highest BCUT2D eigenvalue weighted by molar-refractivity contribution is 6.42. The normalized spacial score (nSPS) is 16.8. The second kappa shape index (κ2) is 12.0. The highest BCUT2D eigenvalue weighted by atomic mass is 35.5. The van der Waals surface area contributed by atoms with Crippen LogP contribution < -0.4 is 5.32 Å². The Bertz CT molecular complexity index is 1380. The van der Waals surface area contributed by atoms with Crippen LogP contribution in [0.1, 0.15) is 46.0 Å². The van der Waals surface area contributed by atoms with Gasteiger partial charge in [0.15, 0.2) is 0 Å². The zero-order valence-corrected chi connectivity index (χ0v) is 23.0. The molecule has 1 atom stereocenters. The third-order valence-electron chi connectivity index (χ3n) is 6.42. The van der Waals surface area contributed by atoms with E-state index in [4.69, 9.17) is 37.4 Å². The molecule has 0 spiro atoms. The predicted molar refractivity (Wildman–Crippen MR) is 143 cm³/mol. The van der Waals surface area contributed by atoms with Crippen LogP contribution in [0.4, 0.5) is 0 Å². The zero-order chi connectivity index (χ0) is 28.3. The molecule has 0 radical (unpaired) electrons. The number of halogens is 2. The molecule has 2 aromatic carbocycles. The Kier molecular flexibility index (Phi) is 8.74. The number of carbonyl (C=O) groups is 4. The smallest absolute Gasteiger partial charge is 0.336 e. The second-order valence-corrected chi connectivity index (χ2v) is 9.49. The van der Waals surface area contributed by atoms with E-state index in [-0.39, 0.29) is 47.6 Å². The van der Waals surface area contributed by atoms with Gasteiger partial charge in [-0.1, -0.05) is 47.5 Å². The van der Waals surface area contributed by atoms with Crippen molar-refractivity contribution >= 4 is 47.0 Å². The van der Waals surface area contributed by atoms with Crippen LogP contribution in [0.2, 0.25) is 10.0 Å². The fraction of sp³-hybridized carbons (Fsp3) is 0.286. The van der Waals surface area contributed by atoms with E-state index in [1.54, 1.807) is 56.3 Å². The van der Waals surface area contributed by atoms with Gasteiger partial charge in [-0.05, 0) is 37.6 Å². The number of carbonyl (C=O) groups excluding carboxylic acids is 4. The summed E-state index contributed by atoms with van der Waals surface area (Å²) >= 11 is 12.8. The molecule has 0 fully saturated rings. The lowest BCUT2D eigenvalue weighted by molar-refractivity contribution is -0.139. The van der Waals surface area contributed by atoms with E-state index in [2.05, 4.69) is 5.32 Å². The van der Waals surface area contributed by atoms with Gasteiger partial charge in [0.2, 0.25) is 0 Å². The summed E-state index contributed by atoms with van der Waals surface area (Å²) in [4.78, 5) is 52.6. The maximum absolute atomic E-state index is 13.3. The van der Waals surface area contributed by atoms with Crippen LogP contribution in [0, 0.1) is 0 Å². The lowest BCUT2D eigenvalue weighted by Crippen LogP contribution is -2.36. The van der Waals surface area contributed by atoms with Crippen molar-refractivity contribution in [3.05, 3.63) is 91.7 Å². The molecule has 11 heteroatoms. The molecular formula is C28H26Cl2N2O7. The van der Waals surface area contributed by atoms with Crippen molar-refractivity contribution in [1.29, 1.82) is 0 Å². The van der Waals surface area contributed by atoms with Crippen molar-refractivity contribution in [2.75, 3.05) is 33.5 Å². The fourth-order valence-electron chi connectivity index (χ4n) is 4.67. The summed E-state index contributed by atoms with van der Waals surface area (Å²) in [5.41, 5.74) is 2.14. The van der Waals surface area contributed by atoms with Gasteiger partial charge in [-0.2, -0.15) is 0 Å². The number of esters is 2. The second-order valence-electron chi connectivity index (χ2n) is 8.70. The van der Waals surface area contributed by atoms with Gasteiger partial charge in [0.25, 0.3) is 11.8 Å². The summed E-state index contributed by atoms with van der Waals surface area (Å²) in [7, 11) is 1.24. The van der Waals surface area contributed by atoms with Gasteiger partial charge < -0.3 is 19.5 Å². The van der Waals surface area contributed by atoms with Crippen molar-refractivity contribution in [3.8, 4) is 0 Å². The molecule has 39 heavy (non-hydrogen) atoms. The maximum Gasteiger partial charge on any atom is 0.336 e. The van der Waals surface area contributed by atoms with Gasteiger partial charge in [-0.25, -0.2) is 9.59 Å². The molecule has 0 saturated carbocycles. The number of hydrogen-bond acceptors (Lipinski definition) is 8. The molecule has 4 rings (SSSR count). The van der Waals surface area contributed by atoms with Crippen molar-refractivity contribution in [2.24, 2.45) is 0 Å². The molecule has 0 aromatic heterocycles. The van der Waals surface area contributed by atoms with Gasteiger partial charge in [-0.15, -0.1) is 0 Å². The number of nitrogens with one attached hydrogen (secondary N) is 1. The maximum atomic E-state index is 13.3.